The van der Waals surface area contributed by atoms with E-state index in [0.717, 1.165) is 28.5 Å². The van der Waals surface area contributed by atoms with Crippen LogP contribution in [0, 0.1) is 6.92 Å². The second-order valence-corrected chi connectivity index (χ2v) is 5.88. The summed E-state index contributed by atoms with van der Waals surface area (Å²) in [6.45, 7) is 4.16. The quantitative estimate of drug-likeness (QED) is 0.908. The molecule has 2 aromatic rings. The van der Waals surface area contributed by atoms with Crippen LogP contribution in [0.3, 0.4) is 0 Å². The second-order valence-electron chi connectivity index (χ2n) is 4.82. The van der Waals surface area contributed by atoms with Crippen molar-refractivity contribution >= 4 is 11.8 Å². The molecule has 2 N–H and O–H groups in total. The van der Waals surface area contributed by atoms with Crippen LogP contribution in [0.25, 0.3) is 0 Å². The maximum Gasteiger partial charge on any atom is 0.102 e. The highest BCUT2D eigenvalue weighted by atomic mass is 32.2. The van der Waals surface area contributed by atoms with Gasteiger partial charge in [-0.2, -0.15) is 10.2 Å². The lowest BCUT2D eigenvalue weighted by atomic mass is 10.1. The molecule has 2 aromatic heterocycles. The SMILES string of the molecule is CCC(N)Cc1c(C)nn(C)c1Sc1cnn(C)c1. The first-order valence-electron chi connectivity index (χ1n) is 6.45. The van der Waals surface area contributed by atoms with Crippen molar-refractivity contribution in [3.8, 4) is 0 Å². The Labute approximate surface area is 118 Å². The van der Waals surface area contributed by atoms with Gasteiger partial charge < -0.3 is 5.73 Å². The van der Waals surface area contributed by atoms with Crippen LogP contribution < -0.4 is 5.73 Å². The van der Waals surface area contributed by atoms with Gasteiger partial charge >= 0.3 is 0 Å². The summed E-state index contributed by atoms with van der Waals surface area (Å²) in [6, 6.07) is 0.191. The normalized spacial score (nSPS) is 12.9. The van der Waals surface area contributed by atoms with Gasteiger partial charge in [0.1, 0.15) is 5.03 Å². The summed E-state index contributed by atoms with van der Waals surface area (Å²) in [5.41, 5.74) is 8.41. The van der Waals surface area contributed by atoms with Crippen LogP contribution in [0.15, 0.2) is 22.3 Å². The highest BCUT2D eigenvalue weighted by molar-refractivity contribution is 7.99. The molecule has 0 bridgehead atoms. The van der Waals surface area contributed by atoms with E-state index in [2.05, 4.69) is 17.1 Å². The standard InChI is InChI=1S/C13H21N5S/c1-5-10(14)6-12-9(2)16-18(4)13(12)19-11-7-15-17(3)8-11/h7-8,10H,5-6,14H2,1-4H3. The molecule has 0 fully saturated rings. The molecule has 6 heteroatoms. The van der Waals surface area contributed by atoms with E-state index >= 15 is 0 Å². The summed E-state index contributed by atoms with van der Waals surface area (Å²) in [5, 5.41) is 9.87. The number of hydrogen-bond acceptors (Lipinski definition) is 4. The number of nitrogens with zero attached hydrogens (tertiary/aromatic N) is 4. The third-order valence-corrected chi connectivity index (χ3v) is 4.33. The van der Waals surface area contributed by atoms with Crippen LogP contribution in [0.2, 0.25) is 0 Å². The fourth-order valence-corrected chi connectivity index (χ4v) is 3.07. The van der Waals surface area contributed by atoms with E-state index in [1.807, 2.05) is 42.8 Å². The van der Waals surface area contributed by atoms with Gasteiger partial charge in [0.05, 0.1) is 16.8 Å². The van der Waals surface area contributed by atoms with Crippen LogP contribution in [-0.2, 0) is 20.5 Å². The maximum absolute atomic E-state index is 6.09. The largest absolute Gasteiger partial charge is 0.327 e. The van der Waals surface area contributed by atoms with Gasteiger partial charge in [0.15, 0.2) is 0 Å². The van der Waals surface area contributed by atoms with Gasteiger partial charge in [0.2, 0.25) is 0 Å². The average Bonchev–Trinajstić information content (AvgIpc) is 2.88. The van der Waals surface area contributed by atoms with Crippen molar-refractivity contribution in [1.82, 2.24) is 19.6 Å². The Morgan fingerprint density at radius 1 is 1.42 bits per heavy atom. The van der Waals surface area contributed by atoms with E-state index in [1.165, 1.54) is 5.56 Å². The predicted molar refractivity (Wildman–Crippen MR) is 77.2 cm³/mol. The van der Waals surface area contributed by atoms with Crippen LogP contribution in [0.4, 0.5) is 0 Å². The van der Waals surface area contributed by atoms with Crippen molar-refractivity contribution in [2.45, 2.75) is 42.7 Å². The molecule has 0 radical (unpaired) electrons. The first-order valence-corrected chi connectivity index (χ1v) is 7.27. The molecule has 1 atom stereocenters. The smallest absolute Gasteiger partial charge is 0.102 e. The monoisotopic (exact) mass is 279 g/mol. The van der Waals surface area contributed by atoms with E-state index in [1.54, 1.807) is 11.8 Å². The van der Waals surface area contributed by atoms with E-state index in [-0.39, 0.29) is 6.04 Å². The molecule has 0 spiro atoms. The first kappa shape index (κ1) is 14.1. The Hall–Kier alpha value is -1.27. The second kappa shape index (κ2) is 5.79. The summed E-state index contributed by atoms with van der Waals surface area (Å²) in [4.78, 5) is 1.12. The van der Waals surface area contributed by atoms with E-state index < -0.39 is 0 Å². The van der Waals surface area contributed by atoms with Crippen molar-refractivity contribution in [3.05, 3.63) is 23.7 Å². The van der Waals surface area contributed by atoms with Crippen LogP contribution in [0.1, 0.15) is 24.6 Å². The third-order valence-electron chi connectivity index (χ3n) is 3.18. The minimum absolute atomic E-state index is 0.191. The zero-order chi connectivity index (χ0) is 14.0. The fraction of sp³-hybridized carbons (Fsp3) is 0.538. The summed E-state index contributed by atoms with van der Waals surface area (Å²) >= 11 is 1.70. The average molecular weight is 279 g/mol. The molecule has 0 saturated heterocycles. The number of aryl methyl sites for hydroxylation is 3. The molecule has 5 nitrogen and oxygen atoms in total. The predicted octanol–water partition coefficient (Wildman–Crippen LogP) is 1.89. The van der Waals surface area contributed by atoms with Crippen molar-refractivity contribution in [2.24, 2.45) is 19.8 Å². The van der Waals surface area contributed by atoms with Crippen LogP contribution in [-0.4, -0.2) is 25.6 Å². The highest BCUT2D eigenvalue weighted by Crippen LogP contribution is 2.32. The summed E-state index contributed by atoms with van der Waals surface area (Å²) in [7, 11) is 3.90. The number of nitrogens with two attached hydrogens (primary N) is 1. The molecule has 1 unspecified atom stereocenters. The van der Waals surface area contributed by atoms with Gasteiger partial charge in [-0.3, -0.25) is 9.36 Å². The Bertz CT molecular complexity index is 557. The molecule has 0 saturated carbocycles. The van der Waals surface area contributed by atoms with E-state index in [9.17, 15) is 0 Å². The topological polar surface area (TPSA) is 61.7 Å². The third kappa shape index (κ3) is 3.19. The van der Waals surface area contributed by atoms with Crippen LogP contribution >= 0.6 is 11.8 Å². The van der Waals surface area contributed by atoms with Crippen molar-refractivity contribution in [1.29, 1.82) is 0 Å². The van der Waals surface area contributed by atoms with E-state index in [4.69, 9.17) is 5.73 Å². The summed E-state index contributed by atoms with van der Waals surface area (Å²) in [5.74, 6) is 0. The lowest BCUT2D eigenvalue weighted by molar-refractivity contribution is 0.631. The lowest BCUT2D eigenvalue weighted by Gasteiger charge is -2.10. The molecule has 2 rings (SSSR count). The molecular weight excluding hydrogens is 258 g/mol. The van der Waals surface area contributed by atoms with Crippen LogP contribution in [0.5, 0.6) is 0 Å². The molecule has 0 aromatic carbocycles. The number of rotatable bonds is 5. The molecule has 2 heterocycles. The van der Waals surface area contributed by atoms with Gasteiger partial charge in [0, 0.05) is 31.9 Å². The molecule has 0 amide bonds. The minimum Gasteiger partial charge on any atom is -0.327 e. The first-order chi connectivity index (χ1) is 9.01. The Morgan fingerprint density at radius 2 is 2.16 bits per heavy atom. The fourth-order valence-electron chi connectivity index (χ4n) is 2.01. The Morgan fingerprint density at radius 3 is 2.74 bits per heavy atom. The lowest BCUT2D eigenvalue weighted by Crippen LogP contribution is -2.21. The summed E-state index contributed by atoms with van der Waals surface area (Å²) in [6.07, 6.45) is 5.73. The molecular formula is C13H21N5S. The Kier molecular flexibility index (Phi) is 4.31. The summed E-state index contributed by atoms with van der Waals surface area (Å²) < 4.78 is 3.74. The molecule has 19 heavy (non-hydrogen) atoms. The zero-order valence-electron chi connectivity index (χ0n) is 11.9. The maximum atomic E-state index is 6.09. The van der Waals surface area contributed by atoms with Crippen molar-refractivity contribution in [3.63, 3.8) is 0 Å². The van der Waals surface area contributed by atoms with Gasteiger partial charge in [-0.05, 0) is 19.8 Å². The van der Waals surface area contributed by atoms with Gasteiger partial charge in [-0.1, -0.05) is 18.7 Å². The highest BCUT2D eigenvalue weighted by Gasteiger charge is 2.17. The number of hydrogen-bond donors (Lipinski definition) is 1. The minimum atomic E-state index is 0.191. The van der Waals surface area contributed by atoms with E-state index in [0.29, 0.717) is 0 Å². The van der Waals surface area contributed by atoms with Gasteiger partial charge in [0.25, 0.3) is 0 Å². The molecule has 0 aliphatic carbocycles. The zero-order valence-corrected chi connectivity index (χ0v) is 12.7. The van der Waals surface area contributed by atoms with Gasteiger partial charge in [-0.25, -0.2) is 0 Å². The van der Waals surface area contributed by atoms with Crippen molar-refractivity contribution in [2.75, 3.05) is 0 Å². The molecule has 104 valence electrons. The van der Waals surface area contributed by atoms with Crippen molar-refractivity contribution < 1.29 is 0 Å². The molecule has 0 aliphatic rings. The van der Waals surface area contributed by atoms with Gasteiger partial charge in [-0.15, -0.1) is 0 Å². The Balaban J connectivity index is 2.28. The molecule has 0 aliphatic heterocycles. The number of aromatic nitrogens is 4.